The fourth-order valence-electron chi connectivity index (χ4n) is 12.7. The number of hydrogen-bond acceptors (Lipinski definition) is 8. The summed E-state index contributed by atoms with van der Waals surface area (Å²) in [5.74, 6) is -0.435. The van der Waals surface area contributed by atoms with Gasteiger partial charge in [0.05, 0.1) is 42.2 Å². The largest absolute Gasteiger partial charge is 0.466 e. The van der Waals surface area contributed by atoms with E-state index in [1.807, 2.05) is 0 Å². The molecule has 2 aliphatic carbocycles. The Labute approximate surface area is 294 Å². The highest BCUT2D eigenvalue weighted by Gasteiger charge is 2.69. The summed E-state index contributed by atoms with van der Waals surface area (Å²) in [6.45, 7) is 7.43. The van der Waals surface area contributed by atoms with Gasteiger partial charge < -0.3 is 20.1 Å². The van der Waals surface area contributed by atoms with Crippen LogP contribution in [0.4, 0.5) is 11.4 Å². The second-order valence-corrected chi connectivity index (χ2v) is 16.0. The Morgan fingerprint density at radius 2 is 1.34 bits per heavy atom. The number of hydrogen-bond donors (Lipinski definition) is 2. The molecule has 6 heterocycles. The number of rotatable bonds is 5. The molecule has 8 heteroatoms. The molecule has 2 saturated heterocycles. The van der Waals surface area contributed by atoms with Crippen molar-refractivity contribution < 1.29 is 19.1 Å². The van der Waals surface area contributed by atoms with Gasteiger partial charge in [-0.05, 0) is 67.4 Å². The first-order valence-electron chi connectivity index (χ1n) is 18.6. The van der Waals surface area contributed by atoms with Crippen LogP contribution in [-0.4, -0.2) is 73.7 Å². The van der Waals surface area contributed by atoms with Gasteiger partial charge in [-0.25, -0.2) is 9.59 Å². The van der Waals surface area contributed by atoms with Crippen molar-refractivity contribution in [3.63, 3.8) is 0 Å². The molecule has 2 fully saturated rings. The van der Waals surface area contributed by atoms with E-state index in [0.29, 0.717) is 12.8 Å². The molecule has 0 aromatic heterocycles. The lowest BCUT2D eigenvalue weighted by Crippen LogP contribution is -2.63. The Morgan fingerprint density at radius 1 is 0.780 bits per heavy atom. The molecule has 50 heavy (non-hydrogen) atoms. The fourth-order valence-corrected chi connectivity index (χ4v) is 12.7. The zero-order chi connectivity index (χ0) is 34.2. The quantitative estimate of drug-likeness (QED) is 0.288. The molecule has 0 amide bonds. The van der Waals surface area contributed by atoms with Gasteiger partial charge in [0, 0.05) is 65.3 Å². The van der Waals surface area contributed by atoms with Crippen molar-refractivity contribution in [2.75, 3.05) is 44.5 Å². The molecule has 2 aromatic rings. The van der Waals surface area contributed by atoms with E-state index in [1.165, 1.54) is 30.9 Å². The average Bonchev–Trinajstić information content (AvgIpc) is 3.93. The Morgan fingerprint density at radius 3 is 1.94 bits per heavy atom. The van der Waals surface area contributed by atoms with Crippen LogP contribution in [0.15, 0.2) is 94.9 Å². The van der Waals surface area contributed by atoms with Crippen LogP contribution in [0.2, 0.25) is 0 Å². The molecule has 8 nitrogen and oxygen atoms in total. The maximum Gasteiger partial charge on any atom is 0.335 e. The molecule has 2 aromatic carbocycles. The van der Waals surface area contributed by atoms with Crippen LogP contribution in [0.3, 0.4) is 0 Å². The average molecular weight is 671 g/mol. The number of fused-ring (bicyclic) bond motifs is 2. The minimum absolute atomic E-state index is 0.134. The number of esters is 2. The zero-order valence-corrected chi connectivity index (χ0v) is 29.5. The molecular formula is C42H46N4O4. The topological polar surface area (TPSA) is 83.1 Å². The maximum absolute atomic E-state index is 13.7. The highest BCUT2D eigenvalue weighted by Crippen LogP contribution is 2.67. The molecule has 6 aliphatic heterocycles. The highest BCUT2D eigenvalue weighted by molar-refractivity contribution is 5.94. The van der Waals surface area contributed by atoms with E-state index in [9.17, 15) is 9.59 Å². The Hall–Kier alpha value is -4.14. The number of methoxy groups -OCH3 is 2. The van der Waals surface area contributed by atoms with E-state index in [4.69, 9.17) is 9.47 Å². The van der Waals surface area contributed by atoms with Crippen LogP contribution < -0.4 is 10.6 Å². The number of ether oxygens (including phenoxy) is 2. The highest BCUT2D eigenvalue weighted by atomic mass is 16.5. The minimum Gasteiger partial charge on any atom is -0.466 e. The van der Waals surface area contributed by atoms with E-state index >= 15 is 0 Å². The third-order valence-corrected chi connectivity index (χ3v) is 14.5. The first kappa shape index (κ1) is 30.7. The van der Waals surface area contributed by atoms with Crippen LogP contribution in [0.25, 0.3) is 0 Å². The first-order valence-corrected chi connectivity index (χ1v) is 18.6. The molecular weight excluding hydrogens is 624 g/mol. The van der Waals surface area contributed by atoms with Gasteiger partial charge in [-0.2, -0.15) is 0 Å². The van der Waals surface area contributed by atoms with Gasteiger partial charge in [-0.3, -0.25) is 9.80 Å². The van der Waals surface area contributed by atoms with Crippen LogP contribution in [0.5, 0.6) is 0 Å². The Kier molecular flexibility index (Phi) is 6.27. The number of carbonyl (C=O) groups excluding carboxylic acids is 2. The molecule has 2 N–H and O–H groups in total. The van der Waals surface area contributed by atoms with E-state index in [1.54, 1.807) is 0 Å². The van der Waals surface area contributed by atoms with E-state index in [0.717, 1.165) is 79.2 Å². The van der Waals surface area contributed by atoms with Crippen molar-refractivity contribution in [3.05, 3.63) is 106 Å². The third kappa shape index (κ3) is 3.45. The number of anilines is 2. The van der Waals surface area contributed by atoms with E-state index in [2.05, 4.69) is 101 Å². The third-order valence-electron chi connectivity index (χ3n) is 14.5. The molecule has 258 valence electrons. The van der Waals surface area contributed by atoms with E-state index < -0.39 is 0 Å². The number of nitrogens with one attached hydrogen (secondary N) is 2. The number of benzene rings is 2. The second-order valence-electron chi connectivity index (χ2n) is 16.0. The van der Waals surface area contributed by atoms with Gasteiger partial charge >= 0.3 is 11.9 Å². The van der Waals surface area contributed by atoms with Crippen LogP contribution >= 0.6 is 0 Å². The lowest BCUT2D eigenvalue weighted by Gasteiger charge is -2.58. The van der Waals surface area contributed by atoms with Gasteiger partial charge in [-0.15, -0.1) is 0 Å². The van der Waals surface area contributed by atoms with Gasteiger partial charge in [0.25, 0.3) is 0 Å². The van der Waals surface area contributed by atoms with Gasteiger partial charge in [-0.1, -0.05) is 68.5 Å². The standard InChI is InChI=1S/C42H46N4O4/c1-5-39-16-15-32(46-20-18-42(38(39)46)29-12-8-10-14-31(29)44-34(42)26(22-39)35(47)49-3)25-21-40(6-2)23-27(36(48)50-4)33-41(17-19-45(24-25)37(40)41)28-11-7-9-13-30(28)43-33/h7-16,21,32,37-38,43-44H,5-6,17-20,22-24H2,1-4H3/t32-,37+,38+,39+,40+,41-,42-/m1/s1. The molecule has 0 unspecified atom stereocenters. The molecule has 0 radical (unpaired) electrons. The van der Waals surface area contributed by atoms with Crippen molar-refractivity contribution >= 4 is 23.3 Å². The predicted molar refractivity (Wildman–Crippen MR) is 192 cm³/mol. The maximum atomic E-state index is 13.7. The predicted octanol–water partition coefficient (Wildman–Crippen LogP) is 6.19. The SMILES string of the molecule is CC[C@]12C=C([C@H]3C=C[C@@]4(CC)CC(C(=O)OC)=C5Nc6ccccc6[C@]56CCN3[C@@H]46)CN3CC[C@@]4(C(=C(C(=O)OC)C1)Nc1ccccc14)[C@@H]32. The van der Waals surface area contributed by atoms with Gasteiger partial charge in [0.15, 0.2) is 0 Å². The summed E-state index contributed by atoms with van der Waals surface area (Å²) in [6, 6.07) is 17.9. The van der Waals surface area contributed by atoms with Crippen LogP contribution in [-0.2, 0) is 29.9 Å². The lowest BCUT2D eigenvalue weighted by molar-refractivity contribution is -0.137. The summed E-state index contributed by atoms with van der Waals surface area (Å²) in [4.78, 5) is 32.7. The monoisotopic (exact) mass is 670 g/mol. The summed E-state index contributed by atoms with van der Waals surface area (Å²) >= 11 is 0. The van der Waals surface area contributed by atoms with Crippen molar-refractivity contribution in [1.29, 1.82) is 0 Å². The van der Waals surface area contributed by atoms with Gasteiger partial charge in [0.1, 0.15) is 0 Å². The van der Waals surface area contributed by atoms with Crippen LogP contribution in [0.1, 0.15) is 63.5 Å². The van der Waals surface area contributed by atoms with Gasteiger partial charge in [0.2, 0.25) is 0 Å². The van der Waals surface area contributed by atoms with Crippen molar-refractivity contribution in [2.45, 2.75) is 81.3 Å². The van der Waals surface area contributed by atoms with Crippen molar-refractivity contribution in [2.24, 2.45) is 10.8 Å². The summed E-state index contributed by atoms with van der Waals surface area (Å²) in [7, 11) is 3.02. The van der Waals surface area contributed by atoms with Crippen molar-refractivity contribution in [3.8, 4) is 0 Å². The van der Waals surface area contributed by atoms with Crippen LogP contribution in [0, 0.1) is 10.8 Å². The summed E-state index contributed by atoms with van der Waals surface area (Å²) < 4.78 is 10.9. The normalized spacial score (nSPS) is 37.1. The first-order chi connectivity index (χ1) is 24.3. The molecule has 10 rings (SSSR count). The minimum atomic E-state index is -0.310. The Balaban J connectivity index is 1.13. The summed E-state index contributed by atoms with van der Waals surface area (Å²) in [6.07, 6.45) is 12.7. The smallest absolute Gasteiger partial charge is 0.335 e. The molecule has 2 spiro atoms. The van der Waals surface area contributed by atoms with E-state index in [-0.39, 0.29) is 51.7 Å². The molecule has 8 aliphatic rings. The molecule has 0 saturated carbocycles. The summed E-state index contributed by atoms with van der Waals surface area (Å²) in [5, 5.41) is 7.51. The molecule has 7 atom stereocenters. The zero-order valence-electron chi connectivity index (χ0n) is 29.5. The summed E-state index contributed by atoms with van der Waals surface area (Å²) in [5.41, 5.74) is 9.03. The number of nitrogens with zero attached hydrogens (tertiary/aromatic N) is 2. The number of para-hydroxylation sites is 2. The fraction of sp³-hybridized carbons (Fsp3) is 0.476. The number of carbonyl (C=O) groups is 2. The molecule has 0 bridgehead atoms. The van der Waals surface area contributed by atoms with Crippen molar-refractivity contribution in [1.82, 2.24) is 9.80 Å². The lowest BCUT2D eigenvalue weighted by atomic mass is 9.53. The Bertz CT molecular complexity index is 2010. The second kappa shape index (κ2) is 10.2.